The van der Waals surface area contributed by atoms with E-state index in [1.807, 2.05) is 0 Å². The van der Waals surface area contributed by atoms with Crippen molar-refractivity contribution in [1.29, 1.82) is 0 Å². The zero-order valence-corrected chi connectivity index (χ0v) is 12.9. The fourth-order valence-corrected chi connectivity index (χ4v) is 1.97. The van der Waals surface area contributed by atoms with Crippen LogP contribution < -0.4 is 14.8 Å². The van der Waals surface area contributed by atoms with Crippen LogP contribution in [0.1, 0.15) is 0 Å². The van der Waals surface area contributed by atoms with Gasteiger partial charge in [-0.3, -0.25) is 14.9 Å². The third-order valence-corrected chi connectivity index (χ3v) is 3.10. The second-order valence-electron chi connectivity index (χ2n) is 4.41. The van der Waals surface area contributed by atoms with Gasteiger partial charge in [0.05, 0.1) is 17.7 Å². The fraction of sp³-hybridized carbons (Fsp3) is 0.133. The van der Waals surface area contributed by atoms with Gasteiger partial charge in [-0.1, -0.05) is 17.7 Å². The highest BCUT2D eigenvalue weighted by atomic mass is 35.5. The lowest BCUT2D eigenvalue weighted by Crippen LogP contribution is -2.20. The smallest absolute Gasteiger partial charge is 0.313 e. The highest BCUT2D eigenvalue weighted by Gasteiger charge is 2.19. The highest BCUT2D eigenvalue weighted by molar-refractivity contribution is 6.30. The van der Waals surface area contributed by atoms with Gasteiger partial charge in [-0.15, -0.1) is 0 Å². The first kappa shape index (κ1) is 16.6. The number of nitro groups is 1. The molecule has 23 heavy (non-hydrogen) atoms. The molecule has 0 aliphatic rings. The number of nitrogens with zero attached hydrogens (tertiary/aromatic N) is 1. The number of hydrogen-bond donors (Lipinski definition) is 1. The molecule has 0 saturated heterocycles. The third kappa shape index (κ3) is 4.33. The van der Waals surface area contributed by atoms with Crippen LogP contribution in [0.15, 0.2) is 42.5 Å². The van der Waals surface area contributed by atoms with Crippen LogP contribution in [0.3, 0.4) is 0 Å². The van der Waals surface area contributed by atoms with Crippen LogP contribution >= 0.6 is 11.6 Å². The van der Waals surface area contributed by atoms with Gasteiger partial charge in [-0.25, -0.2) is 0 Å². The van der Waals surface area contributed by atoms with E-state index in [1.54, 1.807) is 24.3 Å². The summed E-state index contributed by atoms with van der Waals surface area (Å²) >= 11 is 5.75. The van der Waals surface area contributed by atoms with Gasteiger partial charge in [0, 0.05) is 11.1 Å². The molecule has 0 unspecified atom stereocenters. The van der Waals surface area contributed by atoms with Crippen molar-refractivity contribution >= 4 is 28.9 Å². The van der Waals surface area contributed by atoms with E-state index >= 15 is 0 Å². The Labute approximate surface area is 136 Å². The zero-order valence-electron chi connectivity index (χ0n) is 12.1. The molecule has 2 aromatic rings. The number of hydrogen-bond acceptors (Lipinski definition) is 5. The molecule has 0 fully saturated rings. The minimum absolute atomic E-state index is 0.0163. The summed E-state index contributed by atoms with van der Waals surface area (Å²) in [7, 11) is 1.29. The molecule has 0 aromatic heterocycles. The monoisotopic (exact) mass is 336 g/mol. The van der Waals surface area contributed by atoms with Crippen molar-refractivity contribution < 1.29 is 19.2 Å². The number of nitro benzene ring substituents is 1. The molecule has 0 atom stereocenters. The average molecular weight is 337 g/mol. The van der Waals surface area contributed by atoms with Crippen molar-refractivity contribution in [3.63, 3.8) is 0 Å². The van der Waals surface area contributed by atoms with Gasteiger partial charge in [0.15, 0.2) is 6.61 Å². The Balaban J connectivity index is 2.04. The summed E-state index contributed by atoms with van der Waals surface area (Å²) in [5.74, 6) is -0.00773. The summed E-state index contributed by atoms with van der Waals surface area (Å²) in [4.78, 5) is 22.3. The standard InChI is InChI=1S/C15H13ClN2O5/c1-22-15-12(3-2-4-13(15)18(20)21)17-14(19)9-23-11-7-5-10(16)6-8-11/h2-8H,9H2,1H3,(H,17,19). The van der Waals surface area contributed by atoms with Crippen LogP contribution in [-0.4, -0.2) is 24.5 Å². The SMILES string of the molecule is COc1c(NC(=O)COc2ccc(Cl)cc2)cccc1[N+](=O)[O-]. The maximum absolute atomic E-state index is 11.9. The van der Waals surface area contributed by atoms with Gasteiger partial charge in [-0.2, -0.15) is 0 Å². The number of carbonyl (C=O) groups excluding carboxylic acids is 1. The van der Waals surface area contributed by atoms with Gasteiger partial charge in [0.1, 0.15) is 5.75 Å². The number of benzene rings is 2. The molecule has 7 nitrogen and oxygen atoms in total. The van der Waals surface area contributed by atoms with E-state index in [0.717, 1.165) is 0 Å². The Morgan fingerprint density at radius 2 is 1.96 bits per heavy atom. The minimum Gasteiger partial charge on any atom is -0.489 e. The lowest BCUT2D eigenvalue weighted by molar-refractivity contribution is -0.385. The number of para-hydroxylation sites is 1. The second kappa shape index (κ2) is 7.46. The molecule has 2 rings (SSSR count). The van der Waals surface area contributed by atoms with Crippen LogP contribution in [0.4, 0.5) is 11.4 Å². The van der Waals surface area contributed by atoms with E-state index in [-0.39, 0.29) is 23.7 Å². The summed E-state index contributed by atoms with van der Waals surface area (Å²) in [6.07, 6.45) is 0. The van der Waals surface area contributed by atoms with Crippen LogP contribution in [0.25, 0.3) is 0 Å². The molecule has 0 bridgehead atoms. The van der Waals surface area contributed by atoms with Crippen molar-refractivity contribution in [1.82, 2.24) is 0 Å². The van der Waals surface area contributed by atoms with Crippen molar-refractivity contribution in [2.75, 3.05) is 19.0 Å². The number of halogens is 1. The molecule has 0 saturated carbocycles. The van der Waals surface area contributed by atoms with E-state index in [1.165, 1.54) is 25.3 Å². The molecule has 120 valence electrons. The number of nitrogens with one attached hydrogen (secondary N) is 1. The fourth-order valence-electron chi connectivity index (χ4n) is 1.85. The van der Waals surface area contributed by atoms with Crippen LogP contribution in [0, 0.1) is 10.1 Å². The lowest BCUT2D eigenvalue weighted by atomic mass is 10.2. The lowest BCUT2D eigenvalue weighted by Gasteiger charge is -2.11. The molecule has 2 aromatic carbocycles. The summed E-state index contributed by atoms with van der Waals surface area (Å²) in [5, 5.41) is 14.0. The molecular weight excluding hydrogens is 324 g/mol. The average Bonchev–Trinajstić information content (AvgIpc) is 2.54. The van der Waals surface area contributed by atoms with E-state index in [0.29, 0.717) is 10.8 Å². The number of carbonyl (C=O) groups is 1. The highest BCUT2D eigenvalue weighted by Crippen LogP contribution is 2.34. The van der Waals surface area contributed by atoms with Crippen LogP contribution in [0.2, 0.25) is 5.02 Å². The summed E-state index contributed by atoms with van der Waals surface area (Å²) in [6, 6.07) is 10.8. The third-order valence-electron chi connectivity index (χ3n) is 2.85. The summed E-state index contributed by atoms with van der Waals surface area (Å²) < 4.78 is 10.3. The number of amides is 1. The topological polar surface area (TPSA) is 90.7 Å². The molecule has 8 heteroatoms. The first-order valence-corrected chi connectivity index (χ1v) is 6.88. The summed E-state index contributed by atoms with van der Waals surface area (Å²) in [5.41, 5.74) is -0.0321. The van der Waals surface area contributed by atoms with Gasteiger partial charge in [0.25, 0.3) is 5.91 Å². The zero-order chi connectivity index (χ0) is 16.8. The van der Waals surface area contributed by atoms with Crippen molar-refractivity contribution in [3.05, 3.63) is 57.6 Å². The second-order valence-corrected chi connectivity index (χ2v) is 4.84. The van der Waals surface area contributed by atoms with Gasteiger partial charge in [-0.05, 0) is 30.3 Å². The van der Waals surface area contributed by atoms with Crippen LogP contribution in [0.5, 0.6) is 11.5 Å². The van der Waals surface area contributed by atoms with E-state index < -0.39 is 10.8 Å². The van der Waals surface area contributed by atoms with Crippen LogP contribution in [-0.2, 0) is 4.79 Å². The van der Waals surface area contributed by atoms with Gasteiger partial charge >= 0.3 is 5.69 Å². The minimum atomic E-state index is -0.585. The predicted octanol–water partition coefficient (Wildman–Crippen LogP) is 3.27. The van der Waals surface area contributed by atoms with E-state index in [4.69, 9.17) is 21.1 Å². The Morgan fingerprint density at radius 3 is 2.57 bits per heavy atom. The van der Waals surface area contributed by atoms with Gasteiger partial charge < -0.3 is 14.8 Å². The van der Waals surface area contributed by atoms with E-state index in [9.17, 15) is 14.9 Å². The van der Waals surface area contributed by atoms with Crippen molar-refractivity contribution in [3.8, 4) is 11.5 Å². The molecule has 1 amide bonds. The maximum atomic E-state index is 11.9. The predicted molar refractivity (Wildman–Crippen MR) is 85.2 cm³/mol. The van der Waals surface area contributed by atoms with E-state index in [2.05, 4.69) is 5.32 Å². The molecule has 0 heterocycles. The summed E-state index contributed by atoms with van der Waals surface area (Å²) in [6.45, 7) is -0.256. The Bertz CT molecular complexity index is 718. The number of ether oxygens (including phenoxy) is 2. The largest absolute Gasteiger partial charge is 0.489 e. The Morgan fingerprint density at radius 1 is 1.26 bits per heavy atom. The molecule has 0 aliphatic heterocycles. The Hall–Kier alpha value is -2.80. The molecule has 0 aliphatic carbocycles. The number of methoxy groups -OCH3 is 1. The normalized spacial score (nSPS) is 10.0. The number of rotatable bonds is 6. The molecular formula is C15H13ClN2O5. The van der Waals surface area contributed by atoms with Crippen molar-refractivity contribution in [2.45, 2.75) is 0 Å². The molecule has 1 N–H and O–H groups in total. The van der Waals surface area contributed by atoms with Crippen molar-refractivity contribution in [2.24, 2.45) is 0 Å². The molecule has 0 radical (unpaired) electrons. The molecule has 0 spiro atoms. The van der Waals surface area contributed by atoms with Gasteiger partial charge in [0.2, 0.25) is 5.75 Å². The first-order valence-electron chi connectivity index (χ1n) is 6.51. The quantitative estimate of drug-likeness (QED) is 0.645. The maximum Gasteiger partial charge on any atom is 0.313 e. The Kier molecular flexibility index (Phi) is 5.37. The number of anilines is 1. The first-order chi connectivity index (χ1) is 11.0.